The summed E-state index contributed by atoms with van der Waals surface area (Å²) in [6, 6.07) is 6.28. The Morgan fingerprint density at radius 1 is 1.35 bits per heavy atom. The quantitative estimate of drug-likeness (QED) is 0.604. The van der Waals surface area contributed by atoms with E-state index in [0.29, 0.717) is 16.5 Å². The van der Waals surface area contributed by atoms with Gasteiger partial charge in [-0.2, -0.15) is 0 Å². The first-order chi connectivity index (χ1) is 8.99. The van der Waals surface area contributed by atoms with Gasteiger partial charge in [0.15, 0.2) is 7.05 Å². The van der Waals surface area contributed by atoms with Gasteiger partial charge in [-0.05, 0) is 18.1 Å². The van der Waals surface area contributed by atoms with Gasteiger partial charge in [0.05, 0.1) is 0 Å². The predicted octanol–water partition coefficient (Wildman–Crippen LogP) is 0.880. The molecule has 0 fully saturated rings. The number of hydrogen-bond acceptors (Lipinski definition) is 3. The number of carbonyl (C=O) groups is 2. The highest BCUT2D eigenvalue weighted by molar-refractivity contribution is 14.0. The second-order valence-corrected chi connectivity index (χ2v) is 4.27. The van der Waals surface area contributed by atoms with E-state index >= 15 is 0 Å². The Labute approximate surface area is 132 Å². The van der Waals surface area contributed by atoms with Crippen molar-refractivity contribution < 1.29 is 19.4 Å². The number of nitrogens with one attached hydrogen (secondary N) is 1. The molecule has 0 saturated carbocycles. The average Bonchev–Trinajstić information content (AvgIpc) is 2.37. The molecule has 1 amide bonds. The fourth-order valence-electron chi connectivity index (χ4n) is 1.76. The number of carboxylic acid groups (broad SMARTS) is 1. The fourth-order valence-corrected chi connectivity index (χ4v) is 1.76. The number of rotatable bonds is 3. The molecular weight excluding hydrogens is 373 g/mol. The van der Waals surface area contributed by atoms with Crippen LogP contribution in [0.4, 0.5) is 0 Å². The van der Waals surface area contributed by atoms with Crippen molar-refractivity contribution in [3.05, 3.63) is 36.0 Å². The van der Waals surface area contributed by atoms with Crippen LogP contribution in [0.25, 0.3) is 10.9 Å². The average molecular weight is 388 g/mol. The Morgan fingerprint density at radius 3 is 2.65 bits per heavy atom. The van der Waals surface area contributed by atoms with Crippen LogP contribution >= 0.6 is 24.0 Å². The van der Waals surface area contributed by atoms with Crippen LogP contribution in [0.1, 0.15) is 17.3 Å². The number of carbonyl (C=O) groups excluding carboxylic acids is 1. The number of aryl methyl sites for hydroxylation is 1. The smallest absolute Gasteiger partial charge is 0.325 e. The van der Waals surface area contributed by atoms with Crippen molar-refractivity contribution in [3.63, 3.8) is 0 Å². The lowest BCUT2D eigenvalue weighted by molar-refractivity contribution is -0.728. The number of carboxylic acids is 1. The summed E-state index contributed by atoms with van der Waals surface area (Å²) in [5.41, 5.74) is 1.09. The topological polar surface area (TPSA) is 83.2 Å². The molecule has 1 heterocycles. The second kappa shape index (κ2) is 6.60. The second-order valence-electron chi connectivity index (χ2n) is 4.27. The molecular formula is C13H15IN3O3+. The highest BCUT2D eigenvalue weighted by atomic mass is 127. The summed E-state index contributed by atoms with van der Waals surface area (Å²) in [6.45, 7) is 1.42. The van der Waals surface area contributed by atoms with Crippen LogP contribution in [-0.2, 0) is 11.8 Å². The molecule has 106 valence electrons. The number of hydrogen-bond donors (Lipinski definition) is 2. The van der Waals surface area contributed by atoms with Crippen LogP contribution in [0, 0.1) is 0 Å². The van der Waals surface area contributed by atoms with Crippen LogP contribution in [0.5, 0.6) is 0 Å². The molecule has 1 atom stereocenters. The van der Waals surface area contributed by atoms with E-state index < -0.39 is 17.9 Å². The van der Waals surface area contributed by atoms with E-state index in [-0.39, 0.29) is 24.0 Å². The Hall–Kier alpha value is -1.77. The molecule has 2 rings (SSSR count). The van der Waals surface area contributed by atoms with Gasteiger partial charge < -0.3 is 10.4 Å². The highest BCUT2D eigenvalue weighted by Gasteiger charge is 2.20. The summed E-state index contributed by atoms with van der Waals surface area (Å²) >= 11 is 0. The summed E-state index contributed by atoms with van der Waals surface area (Å²) in [5, 5.41) is 16.2. The molecule has 2 aromatic rings. The Balaban J connectivity index is 0.00000200. The van der Waals surface area contributed by atoms with Gasteiger partial charge in [-0.25, -0.2) is 0 Å². The maximum absolute atomic E-state index is 12.1. The minimum Gasteiger partial charge on any atom is -0.480 e. The maximum atomic E-state index is 12.1. The summed E-state index contributed by atoms with van der Waals surface area (Å²) < 4.78 is 1.53. The van der Waals surface area contributed by atoms with Gasteiger partial charge in [-0.3, -0.25) is 9.59 Å². The first-order valence-corrected chi connectivity index (χ1v) is 5.78. The first kappa shape index (κ1) is 16.3. The van der Waals surface area contributed by atoms with Crippen molar-refractivity contribution in [2.45, 2.75) is 13.0 Å². The van der Waals surface area contributed by atoms with Gasteiger partial charge >= 0.3 is 5.97 Å². The molecule has 0 aliphatic rings. The van der Waals surface area contributed by atoms with Gasteiger partial charge in [0.25, 0.3) is 5.91 Å². The van der Waals surface area contributed by atoms with E-state index in [2.05, 4.69) is 10.4 Å². The van der Waals surface area contributed by atoms with E-state index in [9.17, 15) is 9.59 Å². The van der Waals surface area contributed by atoms with Crippen molar-refractivity contribution in [3.8, 4) is 0 Å². The Kier molecular flexibility index (Phi) is 5.37. The molecule has 0 spiro atoms. The maximum Gasteiger partial charge on any atom is 0.325 e. The zero-order chi connectivity index (χ0) is 14.0. The number of amides is 1. The first-order valence-electron chi connectivity index (χ1n) is 5.78. The summed E-state index contributed by atoms with van der Waals surface area (Å²) in [5.74, 6) is -1.50. The zero-order valence-corrected chi connectivity index (χ0v) is 13.4. The molecule has 6 nitrogen and oxygen atoms in total. The number of halogens is 1. The third-order valence-electron chi connectivity index (χ3n) is 2.74. The van der Waals surface area contributed by atoms with Crippen LogP contribution in [0.3, 0.4) is 0 Å². The molecule has 2 N–H and O–H groups in total. The number of benzene rings is 1. The number of aromatic nitrogens is 2. The van der Waals surface area contributed by atoms with Crippen LogP contribution in [0.15, 0.2) is 30.5 Å². The number of nitrogens with zero attached hydrogens (tertiary/aromatic N) is 2. The third-order valence-corrected chi connectivity index (χ3v) is 2.74. The van der Waals surface area contributed by atoms with Gasteiger partial charge in [0.2, 0.25) is 6.20 Å². The predicted molar refractivity (Wildman–Crippen MR) is 82.9 cm³/mol. The summed E-state index contributed by atoms with van der Waals surface area (Å²) in [4.78, 5) is 22.9. The van der Waals surface area contributed by atoms with Gasteiger partial charge in [-0.15, -0.1) is 24.0 Å². The van der Waals surface area contributed by atoms with Gasteiger partial charge in [0, 0.05) is 5.39 Å². The van der Waals surface area contributed by atoms with Crippen molar-refractivity contribution in [1.29, 1.82) is 0 Å². The zero-order valence-electron chi connectivity index (χ0n) is 11.0. The minimum atomic E-state index is -1.07. The molecule has 0 radical (unpaired) electrons. The SMILES string of the molecule is CC(NC(=O)c1c[n+](C)nc2ccccc12)C(=O)O.I. The lowest BCUT2D eigenvalue weighted by Gasteiger charge is -2.09. The van der Waals surface area contributed by atoms with Crippen molar-refractivity contribution in [2.75, 3.05) is 0 Å². The van der Waals surface area contributed by atoms with Gasteiger partial charge in [0.1, 0.15) is 17.1 Å². The van der Waals surface area contributed by atoms with Crippen LogP contribution < -0.4 is 10.00 Å². The lowest BCUT2D eigenvalue weighted by atomic mass is 10.1. The molecule has 0 saturated heterocycles. The Bertz CT molecular complexity index is 660. The molecule has 0 bridgehead atoms. The largest absolute Gasteiger partial charge is 0.480 e. The number of fused-ring (bicyclic) bond motifs is 1. The van der Waals surface area contributed by atoms with Gasteiger partial charge in [-0.1, -0.05) is 22.9 Å². The van der Waals surface area contributed by atoms with Crippen LogP contribution in [-0.4, -0.2) is 28.1 Å². The summed E-state index contributed by atoms with van der Waals surface area (Å²) in [7, 11) is 1.71. The molecule has 0 aliphatic heterocycles. The summed E-state index contributed by atoms with van der Waals surface area (Å²) in [6.07, 6.45) is 1.58. The molecule has 1 aromatic heterocycles. The normalized spacial score (nSPS) is 11.5. The Morgan fingerprint density at radius 2 is 2.00 bits per heavy atom. The number of aliphatic carboxylic acids is 1. The lowest BCUT2D eigenvalue weighted by Crippen LogP contribution is -2.40. The molecule has 20 heavy (non-hydrogen) atoms. The molecule has 1 unspecified atom stereocenters. The van der Waals surface area contributed by atoms with E-state index in [4.69, 9.17) is 5.11 Å². The molecule has 1 aromatic carbocycles. The molecule has 0 aliphatic carbocycles. The van der Waals surface area contributed by atoms with Crippen molar-refractivity contribution in [1.82, 2.24) is 10.4 Å². The monoisotopic (exact) mass is 388 g/mol. The van der Waals surface area contributed by atoms with E-state index in [1.807, 2.05) is 6.07 Å². The standard InChI is InChI=1S/C13H13N3O3.HI/c1-8(13(18)19)14-12(17)10-7-16(2)15-11-6-4-3-5-9(10)11;/h3-8H,1-2H3,(H-,14,17,18,19);1H/p+1. The highest BCUT2D eigenvalue weighted by Crippen LogP contribution is 2.14. The van der Waals surface area contributed by atoms with Crippen molar-refractivity contribution in [2.24, 2.45) is 7.05 Å². The third kappa shape index (κ3) is 3.41. The fraction of sp³-hybridized carbons (Fsp3) is 0.231. The van der Waals surface area contributed by atoms with E-state index in [0.717, 1.165) is 0 Å². The minimum absolute atomic E-state index is 0. The molecule has 7 heteroatoms. The van der Waals surface area contributed by atoms with E-state index in [1.165, 1.54) is 11.6 Å². The van der Waals surface area contributed by atoms with E-state index in [1.54, 1.807) is 31.4 Å². The van der Waals surface area contributed by atoms with Crippen molar-refractivity contribution >= 4 is 46.8 Å². The van der Waals surface area contributed by atoms with Crippen LogP contribution in [0.2, 0.25) is 0 Å².